The quantitative estimate of drug-likeness (QED) is 0.374. The molecule has 0 heterocycles. The lowest BCUT2D eigenvalue weighted by Gasteiger charge is -2.28. The lowest BCUT2D eigenvalue weighted by atomic mass is 10.4. The van der Waals surface area contributed by atoms with Gasteiger partial charge in [0.2, 0.25) is 8.32 Å². The van der Waals surface area contributed by atoms with Crippen LogP contribution in [0, 0.1) is 0 Å². The molecule has 0 aliphatic heterocycles. The molecule has 0 spiro atoms. The fourth-order valence-electron chi connectivity index (χ4n) is 1.76. The third-order valence-electron chi connectivity index (χ3n) is 2.66. The van der Waals surface area contributed by atoms with Gasteiger partial charge in [0.25, 0.3) is 0 Å². The molecule has 0 fully saturated rings. The zero-order chi connectivity index (χ0) is 12.6. The Morgan fingerprint density at radius 3 is 2.06 bits per heavy atom. The van der Waals surface area contributed by atoms with Gasteiger partial charge in [-0.15, -0.1) is 0 Å². The van der Waals surface area contributed by atoms with Crippen molar-refractivity contribution in [2.45, 2.75) is 45.7 Å². The predicted octanol–water partition coefficient (Wildman–Crippen LogP) is 3.06. The monoisotopic (exact) mass is 244 g/mol. The van der Waals surface area contributed by atoms with E-state index >= 15 is 0 Å². The van der Waals surface area contributed by atoms with E-state index in [2.05, 4.69) is 20.4 Å². The summed E-state index contributed by atoms with van der Waals surface area (Å²) in [6, 6.07) is 2.08. The van der Waals surface area contributed by atoms with Crippen molar-refractivity contribution in [3.05, 3.63) is 12.2 Å². The first-order valence-corrected chi connectivity index (χ1v) is 8.42. The molecular formula is C12H24O3Si. The predicted molar refractivity (Wildman–Crippen MR) is 68.7 cm³/mol. The SMILES string of the molecule is C=C(C)C(=O)OC[Si](CCC)(CCC)OC. The minimum Gasteiger partial charge on any atom is -0.463 e. The van der Waals surface area contributed by atoms with Crippen LogP contribution in [0.4, 0.5) is 0 Å². The molecule has 0 atom stereocenters. The lowest BCUT2D eigenvalue weighted by Crippen LogP contribution is -2.43. The van der Waals surface area contributed by atoms with Gasteiger partial charge in [0.05, 0.1) is 0 Å². The van der Waals surface area contributed by atoms with Crippen molar-refractivity contribution in [1.82, 2.24) is 0 Å². The summed E-state index contributed by atoms with van der Waals surface area (Å²) in [5.41, 5.74) is 0.451. The Morgan fingerprint density at radius 1 is 1.25 bits per heavy atom. The van der Waals surface area contributed by atoms with E-state index in [1.807, 2.05) is 0 Å². The molecule has 94 valence electrons. The summed E-state index contributed by atoms with van der Waals surface area (Å²) in [6.07, 6.45) is 2.60. The highest BCUT2D eigenvalue weighted by molar-refractivity contribution is 6.73. The average Bonchev–Trinajstić information content (AvgIpc) is 2.25. The summed E-state index contributed by atoms with van der Waals surface area (Å²) in [6.45, 7) is 9.51. The van der Waals surface area contributed by atoms with E-state index in [0.29, 0.717) is 11.8 Å². The largest absolute Gasteiger partial charge is 0.463 e. The molecular weight excluding hydrogens is 220 g/mol. The van der Waals surface area contributed by atoms with Gasteiger partial charge < -0.3 is 9.16 Å². The summed E-state index contributed by atoms with van der Waals surface area (Å²) in [4.78, 5) is 11.4. The summed E-state index contributed by atoms with van der Waals surface area (Å²) in [5.74, 6) is -0.305. The van der Waals surface area contributed by atoms with Gasteiger partial charge in [-0.25, -0.2) is 4.79 Å². The molecule has 4 heteroatoms. The second kappa shape index (κ2) is 7.63. The van der Waals surface area contributed by atoms with Gasteiger partial charge in [-0.1, -0.05) is 33.3 Å². The molecule has 0 radical (unpaired) electrons. The summed E-state index contributed by atoms with van der Waals surface area (Å²) < 4.78 is 10.9. The molecule has 16 heavy (non-hydrogen) atoms. The molecule has 0 N–H and O–H groups in total. The van der Waals surface area contributed by atoms with Crippen molar-refractivity contribution in [2.24, 2.45) is 0 Å². The summed E-state index contributed by atoms with van der Waals surface area (Å²) in [7, 11) is -0.120. The zero-order valence-corrected chi connectivity index (χ0v) is 12.0. The van der Waals surface area contributed by atoms with Crippen LogP contribution in [0.1, 0.15) is 33.6 Å². The van der Waals surface area contributed by atoms with Crippen molar-refractivity contribution in [3.8, 4) is 0 Å². The van der Waals surface area contributed by atoms with Crippen molar-refractivity contribution in [2.75, 3.05) is 13.3 Å². The van der Waals surface area contributed by atoms with Crippen LogP contribution in [0.25, 0.3) is 0 Å². The molecule has 0 amide bonds. The molecule has 0 aliphatic carbocycles. The van der Waals surface area contributed by atoms with Gasteiger partial charge in [0, 0.05) is 12.7 Å². The number of ether oxygens (including phenoxy) is 1. The fraction of sp³-hybridized carbons (Fsp3) is 0.750. The highest BCUT2D eigenvalue weighted by Gasteiger charge is 2.33. The van der Waals surface area contributed by atoms with E-state index in [1.165, 1.54) is 0 Å². The van der Waals surface area contributed by atoms with Crippen LogP contribution < -0.4 is 0 Å². The number of carbonyl (C=O) groups is 1. The second-order valence-electron chi connectivity index (χ2n) is 4.24. The first-order valence-electron chi connectivity index (χ1n) is 5.89. The summed E-state index contributed by atoms with van der Waals surface area (Å²) in [5, 5.41) is 0. The minimum atomic E-state index is -1.86. The Kier molecular flexibility index (Phi) is 7.33. The van der Waals surface area contributed by atoms with Crippen LogP contribution in [0.15, 0.2) is 12.2 Å². The average molecular weight is 244 g/mol. The maximum Gasteiger partial charge on any atom is 0.332 e. The van der Waals surface area contributed by atoms with Crippen molar-refractivity contribution >= 4 is 14.3 Å². The maximum atomic E-state index is 11.4. The molecule has 0 aromatic heterocycles. The standard InChI is InChI=1S/C12H24O3Si/c1-6-8-16(14-5,9-7-2)10-15-12(13)11(3)4/h3,6-10H2,1-2,4-5H3. The maximum absolute atomic E-state index is 11.4. The number of carbonyl (C=O) groups excluding carboxylic acids is 1. The lowest BCUT2D eigenvalue weighted by molar-refractivity contribution is -0.137. The molecule has 0 aromatic rings. The highest BCUT2D eigenvalue weighted by atomic mass is 28.4. The number of esters is 1. The molecule has 0 bridgehead atoms. The second-order valence-corrected chi connectivity index (χ2v) is 8.31. The molecule has 3 nitrogen and oxygen atoms in total. The normalized spacial score (nSPS) is 11.2. The van der Waals surface area contributed by atoms with E-state index in [1.54, 1.807) is 14.0 Å². The fourth-order valence-corrected chi connectivity index (χ4v) is 5.05. The Morgan fingerprint density at radius 2 is 1.75 bits per heavy atom. The van der Waals surface area contributed by atoms with Gasteiger partial charge in [-0.2, -0.15) is 0 Å². The molecule has 0 saturated heterocycles. The van der Waals surface area contributed by atoms with Crippen LogP contribution in [-0.2, 0) is 14.0 Å². The number of hydrogen-bond acceptors (Lipinski definition) is 3. The van der Waals surface area contributed by atoms with Gasteiger partial charge in [0.1, 0.15) is 6.23 Å². The first-order chi connectivity index (χ1) is 7.51. The molecule has 0 aliphatic rings. The van der Waals surface area contributed by atoms with E-state index < -0.39 is 8.32 Å². The Labute approximate surface area is 100.0 Å². The first kappa shape index (κ1) is 15.4. The third kappa shape index (κ3) is 4.94. The number of hydrogen-bond donors (Lipinski definition) is 0. The van der Waals surface area contributed by atoms with E-state index in [4.69, 9.17) is 9.16 Å². The Hall–Kier alpha value is -0.613. The summed E-state index contributed by atoms with van der Waals surface area (Å²) >= 11 is 0. The van der Waals surface area contributed by atoms with Crippen molar-refractivity contribution < 1.29 is 14.0 Å². The minimum absolute atomic E-state index is 0.305. The van der Waals surface area contributed by atoms with Gasteiger partial charge >= 0.3 is 5.97 Å². The number of rotatable bonds is 8. The zero-order valence-electron chi connectivity index (χ0n) is 11.0. The smallest absolute Gasteiger partial charge is 0.332 e. The van der Waals surface area contributed by atoms with Crippen LogP contribution >= 0.6 is 0 Å². The van der Waals surface area contributed by atoms with E-state index in [9.17, 15) is 4.79 Å². The highest BCUT2D eigenvalue weighted by Crippen LogP contribution is 2.21. The van der Waals surface area contributed by atoms with E-state index in [-0.39, 0.29) is 5.97 Å². The third-order valence-corrected chi connectivity index (χ3v) is 7.02. The van der Waals surface area contributed by atoms with Crippen molar-refractivity contribution in [3.63, 3.8) is 0 Å². The molecule has 0 unspecified atom stereocenters. The van der Waals surface area contributed by atoms with Crippen LogP contribution in [-0.4, -0.2) is 27.6 Å². The van der Waals surface area contributed by atoms with Crippen LogP contribution in [0.2, 0.25) is 12.1 Å². The van der Waals surface area contributed by atoms with Crippen LogP contribution in [0.3, 0.4) is 0 Å². The van der Waals surface area contributed by atoms with E-state index in [0.717, 1.165) is 24.9 Å². The van der Waals surface area contributed by atoms with Gasteiger partial charge in [-0.05, 0) is 19.0 Å². The van der Waals surface area contributed by atoms with Gasteiger partial charge in [-0.3, -0.25) is 0 Å². The Bertz CT molecular complexity index is 232. The topological polar surface area (TPSA) is 35.5 Å². The van der Waals surface area contributed by atoms with Crippen LogP contribution in [0.5, 0.6) is 0 Å². The van der Waals surface area contributed by atoms with Gasteiger partial charge in [0.15, 0.2) is 0 Å². The van der Waals surface area contributed by atoms with Crippen molar-refractivity contribution in [1.29, 1.82) is 0 Å². The molecule has 0 saturated carbocycles. The molecule has 0 aromatic carbocycles. The molecule has 0 rings (SSSR count). The Balaban J connectivity index is 4.40.